The molecule has 0 aromatic heterocycles. The fraction of sp³-hybridized carbons (Fsp3) is 0.364. The molecule has 140 valence electrons. The molecule has 3 rings (SSSR count). The lowest BCUT2D eigenvalue weighted by atomic mass is 10.0. The highest BCUT2D eigenvalue weighted by Gasteiger charge is 2.26. The van der Waals surface area contributed by atoms with Gasteiger partial charge in [-0.3, -0.25) is 9.69 Å². The van der Waals surface area contributed by atoms with E-state index in [1.165, 1.54) is 5.56 Å². The van der Waals surface area contributed by atoms with Crippen LogP contribution < -0.4 is 4.74 Å². The Hall–Kier alpha value is -2.84. The minimum absolute atomic E-state index is 0.106. The van der Waals surface area contributed by atoms with Gasteiger partial charge in [0.05, 0.1) is 19.1 Å². The lowest BCUT2D eigenvalue weighted by molar-refractivity contribution is -0.133. The number of hydrogen-bond donors (Lipinski definition) is 0. The summed E-state index contributed by atoms with van der Waals surface area (Å²) >= 11 is 0. The Labute approximate surface area is 160 Å². The summed E-state index contributed by atoms with van der Waals surface area (Å²) in [6, 6.07) is 19.8. The van der Waals surface area contributed by atoms with Gasteiger partial charge in [0.1, 0.15) is 11.8 Å². The van der Waals surface area contributed by atoms with Crippen molar-refractivity contribution < 1.29 is 9.53 Å². The summed E-state index contributed by atoms with van der Waals surface area (Å²) in [7, 11) is 0. The van der Waals surface area contributed by atoms with Crippen LogP contribution in [0.15, 0.2) is 54.6 Å². The van der Waals surface area contributed by atoms with Gasteiger partial charge < -0.3 is 9.64 Å². The third-order valence-corrected chi connectivity index (χ3v) is 4.88. The van der Waals surface area contributed by atoms with Crippen molar-refractivity contribution in [2.45, 2.75) is 19.4 Å². The monoisotopic (exact) mass is 363 g/mol. The van der Waals surface area contributed by atoms with E-state index in [9.17, 15) is 10.1 Å². The van der Waals surface area contributed by atoms with Crippen LogP contribution in [0.5, 0.6) is 5.75 Å². The molecule has 2 aromatic rings. The molecule has 2 aromatic carbocycles. The number of benzene rings is 2. The Morgan fingerprint density at radius 1 is 1.07 bits per heavy atom. The smallest absolute Gasteiger partial charge is 0.226 e. The normalized spacial score (nSPS) is 15.8. The summed E-state index contributed by atoms with van der Waals surface area (Å²) in [5.74, 6) is 0.888. The van der Waals surface area contributed by atoms with Crippen LogP contribution in [0.3, 0.4) is 0 Å². The van der Waals surface area contributed by atoms with Crippen LogP contribution in [0.4, 0.5) is 0 Å². The van der Waals surface area contributed by atoms with Crippen LogP contribution in [0, 0.1) is 18.3 Å². The molecular weight excluding hydrogens is 338 g/mol. The summed E-state index contributed by atoms with van der Waals surface area (Å²) in [6.07, 6.45) is 0.370. The number of aryl methyl sites for hydroxylation is 1. The first-order chi connectivity index (χ1) is 13.2. The molecule has 1 aliphatic heterocycles. The first kappa shape index (κ1) is 18.9. The first-order valence-corrected chi connectivity index (χ1v) is 9.33. The molecule has 5 heteroatoms. The molecule has 1 aliphatic rings. The standard InChI is InChI=1S/C22H25N3O2/c1-18-7-9-19(10-8-18)21(17-23)24-12-14-25(15-13-24)22(26)11-16-27-20-5-3-2-4-6-20/h2-10,21H,11-16H2,1H3. The summed E-state index contributed by atoms with van der Waals surface area (Å²) in [6.45, 7) is 5.13. The van der Waals surface area contributed by atoms with E-state index in [1.807, 2.05) is 66.4 Å². The molecule has 0 spiro atoms. The molecule has 1 saturated heterocycles. The quantitative estimate of drug-likeness (QED) is 0.791. The molecule has 0 radical (unpaired) electrons. The van der Waals surface area contributed by atoms with E-state index in [2.05, 4.69) is 11.0 Å². The number of carbonyl (C=O) groups excluding carboxylic acids is 1. The summed E-state index contributed by atoms with van der Waals surface area (Å²) in [5, 5.41) is 9.61. The molecule has 1 heterocycles. The third kappa shape index (κ3) is 5.08. The predicted molar refractivity (Wildman–Crippen MR) is 104 cm³/mol. The lowest BCUT2D eigenvalue weighted by Crippen LogP contribution is -2.49. The Bertz CT molecular complexity index is 775. The Morgan fingerprint density at radius 2 is 1.74 bits per heavy atom. The van der Waals surface area contributed by atoms with Crippen LogP contribution in [0.2, 0.25) is 0 Å². The predicted octanol–water partition coefficient (Wildman–Crippen LogP) is 3.17. The number of para-hydroxylation sites is 1. The van der Waals surface area contributed by atoms with Gasteiger partial charge >= 0.3 is 0 Å². The van der Waals surface area contributed by atoms with E-state index in [4.69, 9.17) is 4.74 Å². The largest absolute Gasteiger partial charge is 0.493 e. The van der Waals surface area contributed by atoms with Crippen molar-refractivity contribution in [2.24, 2.45) is 0 Å². The highest BCUT2D eigenvalue weighted by molar-refractivity contribution is 5.76. The molecule has 0 bridgehead atoms. The topological polar surface area (TPSA) is 56.6 Å². The van der Waals surface area contributed by atoms with Crippen LogP contribution in [0.1, 0.15) is 23.6 Å². The van der Waals surface area contributed by atoms with Gasteiger partial charge in [-0.2, -0.15) is 5.26 Å². The average molecular weight is 363 g/mol. The Morgan fingerprint density at radius 3 is 2.37 bits per heavy atom. The van der Waals surface area contributed by atoms with Crippen molar-refractivity contribution in [2.75, 3.05) is 32.8 Å². The Balaban J connectivity index is 1.47. The molecule has 1 amide bonds. The molecule has 1 fully saturated rings. The summed E-state index contributed by atoms with van der Waals surface area (Å²) in [4.78, 5) is 16.4. The number of ether oxygens (including phenoxy) is 1. The van der Waals surface area contributed by atoms with Crippen molar-refractivity contribution in [1.29, 1.82) is 5.26 Å². The number of nitriles is 1. The second-order valence-electron chi connectivity index (χ2n) is 6.77. The minimum atomic E-state index is -0.260. The molecular formula is C22H25N3O2. The average Bonchev–Trinajstić information content (AvgIpc) is 2.71. The fourth-order valence-corrected chi connectivity index (χ4v) is 3.28. The fourth-order valence-electron chi connectivity index (χ4n) is 3.28. The maximum absolute atomic E-state index is 12.4. The Kier molecular flexibility index (Phi) is 6.45. The molecule has 27 heavy (non-hydrogen) atoms. The number of piperazine rings is 1. The summed E-state index contributed by atoms with van der Waals surface area (Å²) in [5.41, 5.74) is 2.20. The van der Waals surface area contributed by atoms with Gasteiger partial charge in [0, 0.05) is 26.2 Å². The second kappa shape index (κ2) is 9.20. The van der Waals surface area contributed by atoms with E-state index in [-0.39, 0.29) is 11.9 Å². The lowest BCUT2D eigenvalue weighted by Gasteiger charge is -2.37. The highest BCUT2D eigenvalue weighted by Crippen LogP contribution is 2.22. The zero-order valence-electron chi connectivity index (χ0n) is 15.7. The molecule has 0 saturated carbocycles. The van der Waals surface area contributed by atoms with Gasteiger partial charge in [-0.05, 0) is 24.6 Å². The SMILES string of the molecule is Cc1ccc(C(C#N)N2CCN(C(=O)CCOc3ccccc3)CC2)cc1. The highest BCUT2D eigenvalue weighted by atomic mass is 16.5. The van der Waals surface area contributed by atoms with Crippen molar-refractivity contribution in [3.05, 3.63) is 65.7 Å². The number of amides is 1. The van der Waals surface area contributed by atoms with Gasteiger partial charge in [-0.15, -0.1) is 0 Å². The van der Waals surface area contributed by atoms with Crippen molar-refractivity contribution >= 4 is 5.91 Å². The van der Waals surface area contributed by atoms with E-state index in [0.29, 0.717) is 39.2 Å². The van der Waals surface area contributed by atoms with Crippen molar-refractivity contribution in [3.63, 3.8) is 0 Å². The van der Waals surface area contributed by atoms with Crippen LogP contribution in [-0.4, -0.2) is 48.5 Å². The summed E-state index contributed by atoms with van der Waals surface area (Å²) < 4.78 is 5.61. The van der Waals surface area contributed by atoms with Gasteiger partial charge in [0.25, 0.3) is 0 Å². The third-order valence-electron chi connectivity index (χ3n) is 4.88. The number of carbonyl (C=O) groups is 1. The number of nitrogens with zero attached hydrogens (tertiary/aromatic N) is 3. The van der Waals surface area contributed by atoms with Crippen molar-refractivity contribution in [3.8, 4) is 11.8 Å². The van der Waals surface area contributed by atoms with Gasteiger partial charge in [0.15, 0.2) is 0 Å². The van der Waals surface area contributed by atoms with Crippen LogP contribution >= 0.6 is 0 Å². The second-order valence-corrected chi connectivity index (χ2v) is 6.77. The first-order valence-electron chi connectivity index (χ1n) is 9.33. The number of rotatable bonds is 6. The van der Waals surface area contributed by atoms with Gasteiger partial charge in [-0.25, -0.2) is 0 Å². The molecule has 1 unspecified atom stereocenters. The van der Waals surface area contributed by atoms with Crippen LogP contribution in [-0.2, 0) is 4.79 Å². The molecule has 0 aliphatic carbocycles. The van der Waals surface area contributed by atoms with Crippen molar-refractivity contribution in [1.82, 2.24) is 9.80 Å². The molecule has 0 N–H and O–H groups in total. The van der Waals surface area contributed by atoms with E-state index >= 15 is 0 Å². The minimum Gasteiger partial charge on any atom is -0.493 e. The van der Waals surface area contributed by atoms with E-state index in [1.54, 1.807) is 0 Å². The zero-order valence-corrected chi connectivity index (χ0v) is 15.7. The maximum atomic E-state index is 12.4. The zero-order chi connectivity index (χ0) is 19.1. The van der Waals surface area contributed by atoms with E-state index < -0.39 is 0 Å². The maximum Gasteiger partial charge on any atom is 0.226 e. The van der Waals surface area contributed by atoms with E-state index in [0.717, 1.165) is 11.3 Å². The number of hydrogen-bond acceptors (Lipinski definition) is 4. The van der Waals surface area contributed by atoms with Gasteiger partial charge in [0.2, 0.25) is 5.91 Å². The van der Waals surface area contributed by atoms with Gasteiger partial charge in [-0.1, -0.05) is 48.0 Å². The van der Waals surface area contributed by atoms with Crippen LogP contribution in [0.25, 0.3) is 0 Å². The molecule has 5 nitrogen and oxygen atoms in total. The molecule has 1 atom stereocenters.